The third-order valence-electron chi connectivity index (χ3n) is 3.37. The Balaban J connectivity index is 2.76. The predicted molar refractivity (Wildman–Crippen MR) is 86.8 cm³/mol. The lowest BCUT2D eigenvalue weighted by Crippen LogP contribution is -2.52. The minimum Gasteiger partial charge on any atom is -0.480 e. The summed E-state index contributed by atoms with van der Waals surface area (Å²) < 4.78 is 0. The number of amides is 2. The monoisotopic (exact) mass is 331 g/mol. The van der Waals surface area contributed by atoms with Crippen LogP contribution in [-0.2, 0) is 20.8 Å². The third kappa shape index (κ3) is 6.92. The number of nitrogens with zero attached hydrogens (tertiary/aromatic N) is 1. The van der Waals surface area contributed by atoms with Crippen LogP contribution in [0.2, 0.25) is 0 Å². The van der Waals surface area contributed by atoms with Crippen molar-refractivity contribution >= 4 is 17.8 Å². The molecular formula is C17H21N3O4. The molecule has 0 saturated carbocycles. The summed E-state index contributed by atoms with van der Waals surface area (Å²) in [6, 6.07) is 9.12. The van der Waals surface area contributed by atoms with E-state index in [-0.39, 0.29) is 25.2 Å². The molecule has 0 bridgehead atoms. The Morgan fingerprint density at radius 1 is 1.17 bits per heavy atom. The van der Waals surface area contributed by atoms with E-state index in [1.807, 2.05) is 36.4 Å². The van der Waals surface area contributed by atoms with E-state index in [1.165, 1.54) is 6.92 Å². The summed E-state index contributed by atoms with van der Waals surface area (Å²) in [5.74, 6) is -2.09. The van der Waals surface area contributed by atoms with Gasteiger partial charge in [-0.15, -0.1) is 0 Å². The van der Waals surface area contributed by atoms with Gasteiger partial charge in [-0.1, -0.05) is 30.3 Å². The van der Waals surface area contributed by atoms with E-state index in [0.29, 0.717) is 6.42 Å². The van der Waals surface area contributed by atoms with Gasteiger partial charge < -0.3 is 15.7 Å². The number of unbranched alkanes of at least 4 members (excludes halogenated alkanes) is 1. The Bertz CT molecular complexity index is 610. The second kappa shape index (κ2) is 10.0. The summed E-state index contributed by atoms with van der Waals surface area (Å²) in [7, 11) is 0. The van der Waals surface area contributed by atoms with Crippen LogP contribution in [0.5, 0.6) is 0 Å². The quantitative estimate of drug-likeness (QED) is 0.583. The van der Waals surface area contributed by atoms with Crippen LogP contribution in [0.4, 0.5) is 0 Å². The topological polar surface area (TPSA) is 119 Å². The second-order valence-corrected chi connectivity index (χ2v) is 5.39. The number of benzene rings is 1. The van der Waals surface area contributed by atoms with Crippen LogP contribution in [0.15, 0.2) is 30.3 Å². The average Bonchev–Trinajstić information content (AvgIpc) is 2.53. The Morgan fingerprint density at radius 2 is 1.83 bits per heavy atom. The van der Waals surface area contributed by atoms with Crippen LogP contribution < -0.4 is 10.6 Å². The maximum Gasteiger partial charge on any atom is 0.326 e. The molecule has 1 aromatic carbocycles. The third-order valence-corrected chi connectivity index (χ3v) is 3.37. The fourth-order valence-corrected chi connectivity index (χ4v) is 2.22. The zero-order valence-electron chi connectivity index (χ0n) is 13.5. The number of carbonyl (C=O) groups is 3. The van der Waals surface area contributed by atoms with Gasteiger partial charge in [0, 0.05) is 19.8 Å². The van der Waals surface area contributed by atoms with Crippen LogP contribution >= 0.6 is 0 Å². The molecule has 0 saturated heterocycles. The maximum atomic E-state index is 12.4. The molecule has 7 heteroatoms. The summed E-state index contributed by atoms with van der Waals surface area (Å²) in [6.45, 7) is 1.30. The van der Waals surface area contributed by atoms with Crippen molar-refractivity contribution in [3.05, 3.63) is 35.9 Å². The Kier molecular flexibility index (Phi) is 7.99. The molecular weight excluding hydrogens is 310 g/mol. The zero-order chi connectivity index (χ0) is 17.9. The van der Waals surface area contributed by atoms with Crippen LogP contribution in [0, 0.1) is 11.3 Å². The molecule has 3 N–H and O–H groups in total. The highest BCUT2D eigenvalue weighted by atomic mass is 16.4. The molecule has 0 spiro atoms. The summed E-state index contributed by atoms with van der Waals surface area (Å²) in [6.07, 6.45) is 1.01. The molecule has 1 aromatic rings. The molecule has 7 nitrogen and oxygen atoms in total. The highest BCUT2D eigenvalue weighted by molar-refractivity contribution is 5.90. The van der Waals surface area contributed by atoms with Gasteiger partial charge in [-0.3, -0.25) is 9.59 Å². The molecule has 0 fully saturated rings. The highest BCUT2D eigenvalue weighted by Gasteiger charge is 2.25. The van der Waals surface area contributed by atoms with Gasteiger partial charge in [-0.2, -0.15) is 5.26 Å². The highest BCUT2D eigenvalue weighted by Crippen LogP contribution is 2.06. The number of carboxylic acids is 1. The standard InChI is InChI=1S/C17H21N3O4/c1-12(21)19-15(11-13-7-3-2-4-8-13)16(22)20-14(17(23)24)9-5-6-10-18/h2-4,7-8,14-15H,5-6,9,11H2,1H3,(H,19,21)(H,20,22)(H,23,24)/t14-,15-/m1/s1. The molecule has 0 heterocycles. The number of carbonyl (C=O) groups excluding carboxylic acids is 2. The van der Waals surface area contributed by atoms with Gasteiger partial charge in [0.25, 0.3) is 0 Å². The lowest BCUT2D eigenvalue weighted by atomic mass is 10.0. The predicted octanol–water partition coefficient (Wildman–Crippen LogP) is 0.997. The van der Waals surface area contributed by atoms with E-state index < -0.39 is 24.0 Å². The minimum atomic E-state index is -1.16. The van der Waals surface area contributed by atoms with E-state index in [2.05, 4.69) is 10.6 Å². The van der Waals surface area contributed by atoms with Crippen molar-refractivity contribution in [2.75, 3.05) is 0 Å². The van der Waals surface area contributed by atoms with Gasteiger partial charge in [0.2, 0.25) is 11.8 Å². The van der Waals surface area contributed by atoms with Crippen molar-refractivity contribution in [3.63, 3.8) is 0 Å². The normalized spacial score (nSPS) is 12.5. The average molecular weight is 331 g/mol. The number of hydrogen-bond donors (Lipinski definition) is 3. The maximum absolute atomic E-state index is 12.4. The molecule has 0 unspecified atom stereocenters. The van der Waals surface area contributed by atoms with E-state index in [4.69, 9.17) is 5.26 Å². The fourth-order valence-electron chi connectivity index (χ4n) is 2.22. The second-order valence-electron chi connectivity index (χ2n) is 5.39. The van der Waals surface area contributed by atoms with E-state index in [9.17, 15) is 19.5 Å². The van der Waals surface area contributed by atoms with Crippen molar-refractivity contribution in [2.45, 2.75) is 44.7 Å². The lowest BCUT2D eigenvalue weighted by molar-refractivity contribution is -0.142. The molecule has 24 heavy (non-hydrogen) atoms. The summed E-state index contributed by atoms with van der Waals surface area (Å²) >= 11 is 0. The molecule has 0 aliphatic heterocycles. The summed E-state index contributed by atoms with van der Waals surface area (Å²) in [5.41, 5.74) is 0.850. The SMILES string of the molecule is CC(=O)N[C@H](Cc1ccccc1)C(=O)N[C@H](CCCC#N)C(=O)O. The molecule has 2 atom stereocenters. The molecule has 0 aromatic heterocycles. The first kappa shape index (κ1) is 19.2. The van der Waals surface area contributed by atoms with Crippen molar-refractivity contribution in [1.82, 2.24) is 10.6 Å². The first-order valence-electron chi connectivity index (χ1n) is 7.65. The van der Waals surface area contributed by atoms with Crippen LogP contribution in [0.25, 0.3) is 0 Å². The number of aliphatic carboxylic acids is 1. The van der Waals surface area contributed by atoms with Crippen molar-refractivity contribution in [3.8, 4) is 6.07 Å². The number of nitrogens with one attached hydrogen (secondary N) is 2. The molecule has 2 amide bonds. The summed E-state index contributed by atoms with van der Waals surface area (Å²) in [4.78, 5) is 35.0. The van der Waals surface area contributed by atoms with E-state index in [0.717, 1.165) is 5.56 Å². The van der Waals surface area contributed by atoms with Gasteiger partial charge in [-0.05, 0) is 18.4 Å². The van der Waals surface area contributed by atoms with Gasteiger partial charge in [-0.25, -0.2) is 4.79 Å². The number of nitriles is 1. The molecule has 0 radical (unpaired) electrons. The minimum absolute atomic E-state index is 0.159. The number of carboxylic acid groups (broad SMARTS) is 1. The van der Waals surface area contributed by atoms with E-state index in [1.54, 1.807) is 0 Å². The lowest BCUT2D eigenvalue weighted by Gasteiger charge is -2.21. The molecule has 0 aliphatic rings. The van der Waals surface area contributed by atoms with Gasteiger partial charge in [0.15, 0.2) is 0 Å². The van der Waals surface area contributed by atoms with Crippen molar-refractivity contribution in [2.24, 2.45) is 0 Å². The Hall–Kier alpha value is -2.88. The van der Waals surface area contributed by atoms with Crippen LogP contribution in [0.1, 0.15) is 31.7 Å². The fraction of sp³-hybridized carbons (Fsp3) is 0.412. The number of hydrogen-bond acceptors (Lipinski definition) is 4. The first-order chi connectivity index (χ1) is 11.4. The molecule has 128 valence electrons. The van der Waals surface area contributed by atoms with Crippen molar-refractivity contribution in [1.29, 1.82) is 5.26 Å². The van der Waals surface area contributed by atoms with Crippen LogP contribution in [-0.4, -0.2) is 35.0 Å². The number of rotatable bonds is 9. The zero-order valence-corrected chi connectivity index (χ0v) is 13.5. The van der Waals surface area contributed by atoms with Gasteiger partial charge in [0.05, 0.1) is 6.07 Å². The first-order valence-corrected chi connectivity index (χ1v) is 7.65. The van der Waals surface area contributed by atoms with Gasteiger partial charge in [0.1, 0.15) is 12.1 Å². The Morgan fingerprint density at radius 3 is 2.38 bits per heavy atom. The van der Waals surface area contributed by atoms with Crippen molar-refractivity contribution < 1.29 is 19.5 Å². The Labute approximate surface area is 140 Å². The van der Waals surface area contributed by atoms with E-state index >= 15 is 0 Å². The molecule has 0 aliphatic carbocycles. The largest absolute Gasteiger partial charge is 0.480 e. The molecule has 1 rings (SSSR count). The summed E-state index contributed by atoms with van der Waals surface area (Å²) in [5, 5.41) is 22.7. The smallest absolute Gasteiger partial charge is 0.326 e. The van der Waals surface area contributed by atoms with Crippen LogP contribution in [0.3, 0.4) is 0 Å². The van der Waals surface area contributed by atoms with Gasteiger partial charge >= 0.3 is 5.97 Å².